The molecule has 0 aromatic heterocycles. The number of aliphatic hydroxyl groups excluding tert-OH is 1. The van der Waals surface area contributed by atoms with Gasteiger partial charge in [-0.2, -0.15) is 0 Å². The van der Waals surface area contributed by atoms with Crippen LogP contribution in [0.25, 0.3) is 10.8 Å². The third kappa shape index (κ3) is 4.92. The fraction of sp³-hybridized carbons (Fsp3) is 0.694. The number of carboxylic acid groups (broad SMARTS) is 1. The zero-order chi connectivity index (χ0) is 30.9. The van der Waals surface area contributed by atoms with Crippen LogP contribution in [0.3, 0.4) is 0 Å². The largest absolute Gasteiger partial charge is 0.481 e. The molecule has 7 heteroatoms. The molecule has 4 saturated carbocycles. The van der Waals surface area contributed by atoms with Crippen LogP contribution in [-0.2, 0) is 14.6 Å². The minimum absolute atomic E-state index is 0.0150. The van der Waals surface area contributed by atoms with Crippen molar-refractivity contribution in [1.82, 2.24) is 0 Å². The quantitative estimate of drug-likeness (QED) is 0.345. The Kier molecular flexibility index (Phi) is 7.93. The van der Waals surface area contributed by atoms with E-state index < -0.39 is 21.1 Å². The summed E-state index contributed by atoms with van der Waals surface area (Å²) in [6, 6.07) is 11.7. The van der Waals surface area contributed by atoms with Crippen LogP contribution in [-0.4, -0.2) is 50.0 Å². The Morgan fingerprint density at radius 2 is 1.63 bits per heavy atom. The van der Waals surface area contributed by atoms with Crippen molar-refractivity contribution in [2.75, 3.05) is 19.0 Å². The molecular formula is C36H51NO5S. The highest BCUT2D eigenvalue weighted by atomic mass is 32.2. The van der Waals surface area contributed by atoms with E-state index >= 15 is 8.42 Å². The molecule has 0 saturated heterocycles. The maximum absolute atomic E-state index is 15.1. The van der Waals surface area contributed by atoms with Crippen molar-refractivity contribution in [1.29, 1.82) is 0 Å². The number of fused-ring (bicyclic) bond motifs is 6. The lowest BCUT2D eigenvalue weighted by molar-refractivity contribution is -0.138. The number of sulfone groups is 1. The van der Waals surface area contributed by atoms with E-state index in [9.17, 15) is 15.0 Å². The highest BCUT2D eigenvalue weighted by molar-refractivity contribution is 7.92. The van der Waals surface area contributed by atoms with Gasteiger partial charge in [-0.25, -0.2) is 8.42 Å². The summed E-state index contributed by atoms with van der Waals surface area (Å²) in [7, 11) is 0.289. The Labute approximate surface area is 258 Å². The average Bonchev–Trinajstić information content (AvgIpc) is 3.32. The molecule has 0 amide bonds. The van der Waals surface area contributed by atoms with Crippen LogP contribution in [0.4, 0.5) is 5.69 Å². The van der Waals surface area contributed by atoms with Gasteiger partial charge in [0.2, 0.25) is 0 Å². The lowest BCUT2D eigenvalue weighted by Gasteiger charge is -2.63. The average molecular weight is 610 g/mol. The first kappa shape index (κ1) is 30.9. The van der Waals surface area contributed by atoms with Gasteiger partial charge in [0, 0.05) is 37.0 Å². The highest BCUT2D eigenvalue weighted by Gasteiger charge is 2.65. The second-order valence-corrected chi connectivity index (χ2v) is 17.5. The Morgan fingerprint density at radius 3 is 2.35 bits per heavy atom. The number of aliphatic carboxylic acids is 1. The lowest BCUT2D eigenvalue weighted by Crippen LogP contribution is -2.60. The molecule has 0 unspecified atom stereocenters. The van der Waals surface area contributed by atoms with Crippen LogP contribution in [0.2, 0.25) is 0 Å². The van der Waals surface area contributed by atoms with E-state index in [0.29, 0.717) is 47.8 Å². The minimum Gasteiger partial charge on any atom is -0.481 e. The van der Waals surface area contributed by atoms with Crippen molar-refractivity contribution >= 4 is 32.3 Å². The van der Waals surface area contributed by atoms with Crippen molar-refractivity contribution < 1.29 is 23.4 Å². The van der Waals surface area contributed by atoms with Crippen molar-refractivity contribution in [2.24, 2.45) is 46.3 Å². The molecule has 0 heterocycles. The zero-order valence-electron chi connectivity index (χ0n) is 26.6. The minimum atomic E-state index is -3.70. The molecule has 6 nitrogen and oxygen atoms in total. The Morgan fingerprint density at radius 1 is 0.953 bits per heavy atom. The number of benzene rings is 2. The van der Waals surface area contributed by atoms with E-state index in [1.165, 1.54) is 0 Å². The maximum Gasteiger partial charge on any atom is 0.303 e. The van der Waals surface area contributed by atoms with Crippen molar-refractivity contribution in [3.05, 3.63) is 36.4 Å². The van der Waals surface area contributed by atoms with Crippen molar-refractivity contribution in [2.45, 2.75) is 101 Å². The van der Waals surface area contributed by atoms with E-state index in [0.717, 1.165) is 55.0 Å². The monoisotopic (exact) mass is 609 g/mol. The normalized spacial score (nSPS) is 38.1. The van der Waals surface area contributed by atoms with Gasteiger partial charge in [0.25, 0.3) is 0 Å². The molecule has 4 aliphatic rings. The Hall–Kier alpha value is -2.12. The van der Waals surface area contributed by atoms with Crippen LogP contribution in [0.5, 0.6) is 0 Å². The standard InChI is InChI=1S/C36H51NO5S/c1-22(12-15-33(39)40)27-13-14-28-34-29(17-19-36(27,28)3)35(2)18-16-24(38)20-23(35)21-32(34)43(41,42)31-11-7-8-25-26(31)9-6-10-30(25)37(4)5/h6-11,22-24,27-29,32,34,38H,12-21H2,1-5H3,(H,39,40)/t22-,23+,24-,27-,28+,29+,32+,34+,35+,36-/m1/s1. The number of aliphatic hydroxyl groups is 1. The number of anilines is 1. The summed E-state index contributed by atoms with van der Waals surface area (Å²) in [6.45, 7) is 7.05. The summed E-state index contributed by atoms with van der Waals surface area (Å²) in [5.74, 6) is 0.874. The number of carbonyl (C=O) groups is 1. The van der Waals surface area contributed by atoms with Gasteiger partial charge < -0.3 is 15.1 Å². The molecule has 10 atom stereocenters. The SMILES string of the molecule is C[C@H](CCC(=O)O)[C@H]1CC[C@H]2[C@H]3[C@H](CC[C@]12C)[C@@]1(C)CC[C@@H](O)C[C@H]1C[C@@H]3S(=O)(=O)c1cccc2c(N(C)C)cccc12. The zero-order valence-corrected chi connectivity index (χ0v) is 27.4. The molecule has 43 heavy (non-hydrogen) atoms. The molecule has 2 aromatic rings. The summed E-state index contributed by atoms with van der Waals surface area (Å²) in [5.41, 5.74) is 1.07. The van der Waals surface area contributed by atoms with E-state index in [2.05, 4.69) is 20.8 Å². The first-order chi connectivity index (χ1) is 20.3. The number of rotatable bonds is 7. The van der Waals surface area contributed by atoms with Gasteiger partial charge in [0.05, 0.1) is 16.2 Å². The van der Waals surface area contributed by atoms with Crippen LogP contribution in [0.15, 0.2) is 41.3 Å². The van der Waals surface area contributed by atoms with Crippen molar-refractivity contribution in [3.8, 4) is 0 Å². The smallest absolute Gasteiger partial charge is 0.303 e. The fourth-order valence-electron chi connectivity index (χ4n) is 11.1. The van der Waals surface area contributed by atoms with Crippen LogP contribution >= 0.6 is 0 Å². The number of nitrogens with zero attached hydrogens (tertiary/aromatic N) is 1. The first-order valence-corrected chi connectivity index (χ1v) is 18.2. The molecule has 0 bridgehead atoms. The van der Waals surface area contributed by atoms with Crippen LogP contribution in [0, 0.1) is 46.3 Å². The molecule has 2 aromatic carbocycles. The van der Waals surface area contributed by atoms with Gasteiger partial charge in [-0.15, -0.1) is 0 Å². The van der Waals surface area contributed by atoms with Gasteiger partial charge in [0.15, 0.2) is 9.84 Å². The Bertz CT molecular complexity index is 1490. The van der Waals surface area contributed by atoms with Crippen LogP contribution in [0.1, 0.15) is 85.0 Å². The third-order valence-electron chi connectivity index (χ3n) is 13.3. The molecule has 6 rings (SSSR count). The topological polar surface area (TPSA) is 94.9 Å². The summed E-state index contributed by atoms with van der Waals surface area (Å²) >= 11 is 0. The van der Waals surface area contributed by atoms with E-state index in [4.69, 9.17) is 0 Å². The maximum atomic E-state index is 15.1. The molecule has 2 N–H and O–H groups in total. The van der Waals surface area contributed by atoms with Gasteiger partial charge in [-0.1, -0.05) is 45.0 Å². The predicted molar refractivity (Wildman–Crippen MR) is 172 cm³/mol. The van der Waals surface area contributed by atoms with Gasteiger partial charge in [-0.05, 0) is 116 Å². The molecular weight excluding hydrogens is 558 g/mol. The van der Waals surface area contributed by atoms with Gasteiger partial charge in [0.1, 0.15) is 0 Å². The van der Waals surface area contributed by atoms with Crippen molar-refractivity contribution in [3.63, 3.8) is 0 Å². The summed E-state index contributed by atoms with van der Waals surface area (Å²) in [4.78, 5) is 13.9. The lowest BCUT2D eigenvalue weighted by atomic mass is 9.44. The van der Waals surface area contributed by atoms with Crippen LogP contribution < -0.4 is 4.90 Å². The summed E-state index contributed by atoms with van der Waals surface area (Å²) in [6.07, 6.45) is 7.80. The Balaban J connectivity index is 1.45. The van der Waals surface area contributed by atoms with E-state index in [1.54, 1.807) is 0 Å². The second-order valence-electron chi connectivity index (χ2n) is 15.4. The molecule has 236 valence electrons. The highest BCUT2D eigenvalue weighted by Crippen LogP contribution is 2.69. The molecule has 4 aliphatic carbocycles. The second kappa shape index (κ2) is 11.0. The molecule has 0 aliphatic heterocycles. The summed E-state index contributed by atoms with van der Waals surface area (Å²) < 4.78 is 30.3. The molecule has 4 fully saturated rings. The first-order valence-electron chi connectivity index (χ1n) is 16.6. The third-order valence-corrected chi connectivity index (χ3v) is 15.5. The molecule has 0 spiro atoms. The predicted octanol–water partition coefficient (Wildman–Crippen LogP) is 7.18. The van der Waals surface area contributed by atoms with E-state index in [-0.39, 0.29) is 35.2 Å². The number of carboxylic acids is 1. The van der Waals surface area contributed by atoms with Gasteiger partial charge in [-0.3, -0.25) is 4.79 Å². The molecule has 0 radical (unpaired) electrons. The summed E-state index contributed by atoms with van der Waals surface area (Å²) in [5, 5.41) is 21.4. The fourth-order valence-corrected chi connectivity index (χ4v) is 13.5. The number of hydrogen-bond donors (Lipinski definition) is 2. The van der Waals surface area contributed by atoms with Gasteiger partial charge >= 0.3 is 5.97 Å². The van der Waals surface area contributed by atoms with E-state index in [1.807, 2.05) is 55.4 Å². The number of hydrogen-bond acceptors (Lipinski definition) is 5.